The Morgan fingerprint density at radius 1 is 1.50 bits per heavy atom. The van der Waals surface area contributed by atoms with E-state index >= 15 is 0 Å². The number of hydrogen-bond donors (Lipinski definition) is 2. The zero-order valence-electron chi connectivity index (χ0n) is 11.0. The number of thiazole rings is 1. The van der Waals surface area contributed by atoms with Crippen molar-refractivity contribution in [3.05, 3.63) is 45.4 Å². The lowest BCUT2D eigenvalue weighted by atomic mass is 10.1. The van der Waals surface area contributed by atoms with Gasteiger partial charge in [-0.05, 0) is 24.7 Å². The summed E-state index contributed by atoms with van der Waals surface area (Å²) in [6, 6.07) is 7.95. The van der Waals surface area contributed by atoms with Crippen LogP contribution in [0.4, 0.5) is 5.13 Å². The molecule has 2 rings (SSSR count). The Balaban J connectivity index is 0.00000200. The molecule has 0 amide bonds. The van der Waals surface area contributed by atoms with Gasteiger partial charge in [-0.1, -0.05) is 28.1 Å². The number of aromatic nitrogens is 1. The summed E-state index contributed by atoms with van der Waals surface area (Å²) in [5.74, 6) is 0. The van der Waals surface area contributed by atoms with E-state index in [4.69, 9.17) is 5.73 Å². The van der Waals surface area contributed by atoms with Crippen molar-refractivity contribution < 1.29 is 5.11 Å². The normalized spacial score (nSPS) is 12.2. The third-order valence-electron chi connectivity index (χ3n) is 2.92. The number of aliphatic hydroxyl groups is 1. The standard InChI is InChI=1S/C13H16BrN3OS.ClH/c1-17(7-11-6-16-13(15)19-11)12(8-18)9-3-2-4-10(14)5-9;/h2-6,12,18H,7-8H2,1H3,(H2,15,16);1H. The van der Waals surface area contributed by atoms with Gasteiger partial charge >= 0.3 is 0 Å². The Morgan fingerprint density at radius 3 is 2.80 bits per heavy atom. The van der Waals surface area contributed by atoms with Crippen molar-refractivity contribution in [1.82, 2.24) is 9.88 Å². The van der Waals surface area contributed by atoms with Crippen LogP contribution in [0.1, 0.15) is 16.5 Å². The van der Waals surface area contributed by atoms with E-state index in [1.54, 1.807) is 6.20 Å². The molecule has 1 heterocycles. The number of nitrogens with two attached hydrogens (primary N) is 1. The predicted octanol–water partition coefficient (Wildman–Crippen LogP) is 3.08. The van der Waals surface area contributed by atoms with Gasteiger partial charge < -0.3 is 10.8 Å². The summed E-state index contributed by atoms with van der Waals surface area (Å²) in [6.07, 6.45) is 1.78. The van der Waals surface area contributed by atoms with E-state index in [2.05, 4.69) is 25.8 Å². The summed E-state index contributed by atoms with van der Waals surface area (Å²) in [5.41, 5.74) is 6.71. The highest BCUT2D eigenvalue weighted by Gasteiger charge is 2.17. The molecule has 0 aliphatic carbocycles. The van der Waals surface area contributed by atoms with Crippen LogP contribution in [0.3, 0.4) is 0 Å². The molecule has 0 spiro atoms. The second kappa shape index (κ2) is 7.95. The van der Waals surface area contributed by atoms with E-state index in [-0.39, 0.29) is 25.1 Å². The summed E-state index contributed by atoms with van der Waals surface area (Å²) >= 11 is 4.93. The van der Waals surface area contributed by atoms with E-state index < -0.39 is 0 Å². The van der Waals surface area contributed by atoms with Crippen LogP contribution in [0.5, 0.6) is 0 Å². The molecule has 2 aromatic rings. The lowest BCUT2D eigenvalue weighted by molar-refractivity contribution is 0.143. The minimum absolute atomic E-state index is 0. The Morgan fingerprint density at radius 2 is 2.25 bits per heavy atom. The molecule has 1 unspecified atom stereocenters. The highest BCUT2D eigenvalue weighted by atomic mass is 79.9. The highest BCUT2D eigenvalue weighted by Crippen LogP contribution is 2.25. The Bertz CT molecular complexity index is 552. The molecule has 0 saturated heterocycles. The average Bonchev–Trinajstić information content (AvgIpc) is 2.75. The zero-order chi connectivity index (χ0) is 13.8. The van der Waals surface area contributed by atoms with Crippen molar-refractivity contribution >= 4 is 44.8 Å². The lowest BCUT2D eigenvalue weighted by Crippen LogP contribution is -2.26. The maximum Gasteiger partial charge on any atom is 0.180 e. The van der Waals surface area contributed by atoms with E-state index in [1.807, 2.05) is 31.3 Å². The van der Waals surface area contributed by atoms with Crippen molar-refractivity contribution in [1.29, 1.82) is 0 Å². The van der Waals surface area contributed by atoms with Gasteiger partial charge in [-0.25, -0.2) is 4.98 Å². The smallest absolute Gasteiger partial charge is 0.180 e. The first-order valence-electron chi connectivity index (χ1n) is 5.87. The first-order chi connectivity index (χ1) is 9.10. The molecule has 0 aliphatic rings. The van der Waals surface area contributed by atoms with E-state index in [0.29, 0.717) is 11.7 Å². The molecule has 1 aromatic heterocycles. The number of likely N-dealkylation sites (N-methyl/N-ethyl adjacent to an activating group) is 1. The second-order valence-corrected chi connectivity index (χ2v) is 6.40. The molecule has 0 radical (unpaired) electrons. The fourth-order valence-electron chi connectivity index (χ4n) is 1.96. The Labute approximate surface area is 137 Å². The van der Waals surface area contributed by atoms with Crippen LogP contribution in [-0.2, 0) is 6.54 Å². The van der Waals surface area contributed by atoms with Gasteiger partial charge in [0.1, 0.15) is 0 Å². The van der Waals surface area contributed by atoms with Gasteiger partial charge in [0, 0.05) is 22.1 Å². The fraction of sp³-hybridized carbons (Fsp3) is 0.308. The maximum atomic E-state index is 9.63. The average molecular weight is 379 g/mol. The highest BCUT2D eigenvalue weighted by molar-refractivity contribution is 9.10. The first kappa shape index (κ1) is 17.4. The van der Waals surface area contributed by atoms with Crippen LogP contribution in [0.25, 0.3) is 0 Å². The third-order valence-corrected chi connectivity index (χ3v) is 4.22. The molecule has 0 bridgehead atoms. The number of nitrogens with zero attached hydrogens (tertiary/aromatic N) is 2. The van der Waals surface area contributed by atoms with Crippen molar-refractivity contribution in [3.8, 4) is 0 Å². The van der Waals surface area contributed by atoms with Crippen molar-refractivity contribution in [3.63, 3.8) is 0 Å². The minimum atomic E-state index is -0.0409. The number of benzene rings is 1. The van der Waals surface area contributed by atoms with Crippen LogP contribution in [0.15, 0.2) is 34.9 Å². The van der Waals surface area contributed by atoms with Crippen molar-refractivity contribution in [2.45, 2.75) is 12.6 Å². The molecule has 0 saturated carbocycles. The Kier molecular flexibility index (Phi) is 6.91. The molecular formula is C13H17BrClN3OS. The molecule has 1 atom stereocenters. The van der Waals surface area contributed by atoms with Gasteiger partial charge in [-0.2, -0.15) is 0 Å². The minimum Gasteiger partial charge on any atom is -0.394 e. The molecule has 1 aromatic carbocycles. The summed E-state index contributed by atoms with van der Waals surface area (Å²) < 4.78 is 1.01. The first-order valence-corrected chi connectivity index (χ1v) is 7.48. The molecule has 0 aliphatic heterocycles. The molecule has 7 heteroatoms. The summed E-state index contributed by atoms with van der Waals surface area (Å²) in [4.78, 5) is 7.22. The number of hydrogen-bond acceptors (Lipinski definition) is 5. The van der Waals surface area contributed by atoms with Crippen LogP contribution in [0, 0.1) is 0 Å². The molecule has 0 fully saturated rings. The van der Waals surface area contributed by atoms with Crippen LogP contribution in [-0.4, -0.2) is 28.6 Å². The summed E-state index contributed by atoms with van der Waals surface area (Å²) in [6.45, 7) is 0.786. The van der Waals surface area contributed by atoms with Gasteiger partial charge in [0.15, 0.2) is 5.13 Å². The third kappa shape index (κ3) is 4.43. The topological polar surface area (TPSA) is 62.4 Å². The van der Waals surface area contributed by atoms with Crippen molar-refractivity contribution in [2.75, 3.05) is 19.4 Å². The lowest BCUT2D eigenvalue weighted by Gasteiger charge is -2.26. The molecule has 110 valence electrons. The molecule has 20 heavy (non-hydrogen) atoms. The molecular weight excluding hydrogens is 362 g/mol. The summed E-state index contributed by atoms with van der Waals surface area (Å²) in [5, 5.41) is 10.2. The van der Waals surface area contributed by atoms with Gasteiger partial charge in [0.05, 0.1) is 12.6 Å². The Hall–Kier alpha value is -0.660. The van der Waals surface area contributed by atoms with Crippen molar-refractivity contribution in [2.24, 2.45) is 0 Å². The largest absolute Gasteiger partial charge is 0.394 e. The van der Waals surface area contributed by atoms with Crippen LogP contribution < -0.4 is 5.73 Å². The van der Waals surface area contributed by atoms with Gasteiger partial charge in [-0.15, -0.1) is 23.7 Å². The quantitative estimate of drug-likeness (QED) is 0.839. The summed E-state index contributed by atoms with van der Waals surface area (Å²) in [7, 11) is 1.98. The molecule has 4 nitrogen and oxygen atoms in total. The SMILES string of the molecule is CN(Cc1cnc(N)s1)C(CO)c1cccc(Br)c1.Cl. The van der Waals surface area contributed by atoms with Crippen LogP contribution >= 0.6 is 39.7 Å². The second-order valence-electron chi connectivity index (χ2n) is 4.33. The number of rotatable bonds is 5. The van der Waals surface area contributed by atoms with E-state index in [9.17, 15) is 5.11 Å². The number of halogens is 2. The van der Waals surface area contributed by atoms with E-state index in [0.717, 1.165) is 14.9 Å². The van der Waals surface area contributed by atoms with Gasteiger partial charge in [-0.3, -0.25) is 4.90 Å². The van der Waals surface area contributed by atoms with Crippen LogP contribution in [0.2, 0.25) is 0 Å². The fourth-order valence-corrected chi connectivity index (χ4v) is 3.13. The zero-order valence-corrected chi connectivity index (χ0v) is 14.2. The number of aliphatic hydroxyl groups excluding tert-OH is 1. The number of nitrogen functional groups attached to an aromatic ring is 1. The monoisotopic (exact) mass is 377 g/mol. The maximum absolute atomic E-state index is 9.63. The van der Waals surface area contributed by atoms with E-state index in [1.165, 1.54) is 11.3 Å². The van der Waals surface area contributed by atoms with Gasteiger partial charge in [0.25, 0.3) is 0 Å². The molecule has 3 N–H and O–H groups in total. The van der Waals surface area contributed by atoms with Gasteiger partial charge in [0.2, 0.25) is 0 Å². The predicted molar refractivity (Wildman–Crippen MR) is 89.2 cm³/mol. The number of anilines is 1.